The SMILES string of the molecule is N#Cc1ccc(CNC2=NC=CN3C(c4ccc(O)cc4)=CNC23)cc1. The summed E-state index contributed by atoms with van der Waals surface area (Å²) in [7, 11) is 0. The minimum atomic E-state index is -0.0952. The van der Waals surface area contributed by atoms with E-state index in [1.165, 1.54) is 0 Å². The lowest BCUT2D eigenvalue weighted by atomic mass is 10.1. The van der Waals surface area contributed by atoms with Crippen LogP contribution < -0.4 is 10.6 Å². The van der Waals surface area contributed by atoms with Crippen molar-refractivity contribution in [2.45, 2.75) is 12.7 Å². The van der Waals surface area contributed by atoms with E-state index in [1.54, 1.807) is 18.3 Å². The molecule has 2 aromatic carbocycles. The van der Waals surface area contributed by atoms with E-state index in [4.69, 9.17) is 5.26 Å². The molecule has 0 spiro atoms. The number of phenolic OH excluding ortho intramolecular Hbond substituents is 1. The van der Waals surface area contributed by atoms with Gasteiger partial charge in [-0.2, -0.15) is 5.26 Å². The molecule has 0 radical (unpaired) electrons. The van der Waals surface area contributed by atoms with Gasteiger partial charge in [-0.15, -0.1) is 0 Å². The summed E-state index contributed by atoms with van der Waals surface area (Å²) in [6.07, 6.45) is 5.54. The fourth-order valence-electron chi connectivity index (χ4n) is 2.98. The number of phenols is 1. The molecule has 4 rings (SSSR count). The molecule has 3 N–H and O–H groups in total. The Labute approximate surface area is 151 Å². The number of aromatic hydroxyl groups is 1. The van der Waals surface area contributed by atoms with Crippen molar-refractivity contribution < 1.29 is 5.11 Å². The molecule has 0 bridgehead atoms. The van der Waals surface area contributed by atoms with Crippen LogP contribution in [-0.4, -0.2) is 22.0 Å². The predicted octanol–water partition coefficient (Wildman–Crippen LogP) is 2.47. The van der Waals surface area contributed by atoms with Gasteiger partial charge >= 0.3 is 0 Å². The highest BCUT2D eigenvalue weighted by Gasteiger charge is 2.30. The average molecular weight is 343 g/mol. The molecule has 2 aromatic rings. The molecule has 26 heavy (non-hydrogen) atoms. The average Bonchev–Trinajstić information content (AvgIpc) is 3.12. The minimum absolute atomic E-state index is 0.0952. The smallest absolute Gasteiger partial charge is 0.162 e. The first-order valence-electron chi connectivity index (χ1n) is 8.26. The van der Waals surface area contributed by atoms with Crippen LogP contribution in [0.25, 0.3) is 5.70 Å². The third kappa shape index (κ3) is 2.98. The van der Waals surface area contributed by atoms with Crippen LogP contribution in [0.5, 0.6) is 5.75 Å². The monoisotopic (exact) mass is 343 g/mol. The zero-order chi connectivity index (χ0) is 17.9. The lowest BCUT2D eigenvalue weighted by molar-refractivity contribution is 0.451. The van der Waals surface area contributed by atoms with Gasteiger partial charge in [0.2, 0.25) is 0 Å². The number of rotatable bonds is 3. The first kappa shape index (κ1) is 15.8. The van der Waals surface area contributed by atoms with Crippen molar-refractivity contribution in [3.8, 4) is 11.8 Å². The number of nitrogens with one attached hydrogen (secondary N) is 2. The Kier molecular flexibility index (Phi) is 4.04. The molecular weight excluding hydrogens is 326 g/mol. The summed E-state index contributed by atoms with van der Waals surface area (Å²) >= 11 is 0. The van der Waals surface area contributed by atoms with Gasteiger partial charge in [-0.1, -0.05) is 12.1 Å². The molecule has 2 aliphatic rings. The lowest BCUT2D eigenvalue weighted by Crippen LogP contribution is -2.48. The van der Waals surface area contributed by atoms with Gasteiger partial charge in [0.1, 0.15) is 11.6 Å². The minimum Gasteiger partial charge on any atom is -0.508 e. The maximum absolute atomic E-state index is 9.48. The highest BCUT2D eigenvalue weighted by molar-refractivity contribution is 5.91. The van der Waals surface area contributed by atoms with E-state index in [9.17, 15) is 5.11 Å². The van der Waals surface area contributed by atoms with E-state index in [1.807, 2.05) is 48.8 Å². The van der Waals surface area contributed by atoms with Crippen LogP contribution in [0.3, 0.4) is 0 Å². The third-order valence-electron chi connectivity index (χ3n) is 4.35. The van der Waals surface area contributed by atoms with Crippen molar-refractivity contribution in [2.24, 2.45) is 4.99 Å². The van der Waals surface area contributed by atoms with Crippen molar-refractivity contribution in [3.63, 3.8) is 0 Å². The Morgan fingerprint density at radius 1 is 1.15 bits per heavy atom. The van der Waals surface area contributed by atoms with Crippen molar-refractivity contribution in [2.75, 3.05) is 0 Å². The number of amidine groups is 1. The Morgan fingerprint density at radius 2 is 1.92 bits per heavy atom. The van der Waals surface area contributed by atoms with Crippen molar-refractivity contribution in [1.29, 1.82) is 5.26 Å². The first-order valence-corrected chi connectivity index (χ1v) is 8.26. The van der Waals surface area contributed by atoms with E-state index in [2.05, 4.69) is 26.6 Å². The molecule has 1 atom stereocenters. The summed E-state index contributed by atoms with van der Waals surface area (Å²) < 4.78 is 0. The molecule has 0 amide bonds. The predicted molar refractivity (Wildman–Crippen MR) is 99.4 cm³/mol. The molecule has 0 aromatic heterocycles. The van der Waals surface area contributed by atoms with Gasteiger partial charge in [-0.3, -0.25) is 0 Å². The fourth-order valence-corrected chi connectivity index (χ4v) is 2.98. The van der Waals surface area contributed by atoms with E-state index >= 15 is 0 Å². The van der Waals surface area contributed by atoms with E-state index < -0.39 is 0 Å². The maximum atomic E-state index is 9.48. The second-order valence-corrected chi connectivity index (χ2v) is 6.03. The molecule has 2 heterocycles. The number of nitriles is 1. The molecule has 1 unspecified atom stereocenters. The normalized spacial score (nSPS) is 17.7. The number of hydrogen-bond donors (Lipinski definition) is 3. The van der Waals surface area contributed by atoms with Gasteiger partial charge in [0.05, 0.1) is 17.3 Å². The fraction of sp³-hybridized carbons (Fsp3) is 0.100. The molecule has 6 nitrogen and oxygen atoms in total. The number of aliphatic imine (C=N–C) groups is 1. The van der Waals surface area contributed by atoms with Crippen LogP contribution in [0, 0.1) is 11.3 Å². The van der Waals surface area contributed by atoms with Crippen LogP contribution in [0.15, 0.2) is 72.1 Å². The van der Waals surface area contributed by atoms with Gasteiger partial charge in [0.25, 0.3) is 0 Å². The Hall–Kier alpha value is -3.72. The van der Waals surface area contributed by atoms with Crippen molar-refractivity contribution in [1.82, 2.24) is 15.5 Å². The zero-order valence-electron chi connectivity index (χ0n) is 13.9. The third-order valence-corrected chi connectivity index (χ3v) is 4.35. The van der Waals surface area contributed by atoms with E-state index in [-0.39, 0.29) is 11.9 Å². The van der Waals surface area contributed by atoms with E-state index in [0.29, 0.717) is 12.1 Å². The summed E-state index contributed by atoms with van der Waals surface area (Å²) in [4.78, 5) is 6.56. The highest BCUT2D eigenvalue weighted by atomic mass is 16.3. The summed E-state index contributed by atoms with van der Waals surface area (Å²) in [5, 5.41) is 25.1. The topological polar surface area (TPSA) is 83.7 Å². The molecular formula is C20H17N5O. The maximum Gasteiger partial charge on any atom is 0.162 e. The molecule has 0 saturated heterocycles. The molecule has 2 aliphatic heterocycles. The summed E-state index contributed by atoms with van der Waals surface area (Å²) in [5.41, 5.74) is 3.75. The molecule has 128 valence electrons. The lowest BCUT2D eigenvalue weighted by Gasteiger charge is -2.29. The van der Waals surface area contributed by atoms with Crippen molar-refractivity contribution in [3.05, 3.63) is 83.8 Å². The molecule has 0 fully saturated rings. The second-order valence-electron chi connectivity index (χ2n) is 6.03. The largest absolute Gasteiger partial charge is 0.508 e. The quantitative estimate of drug-likeness (QED) is 0.797. The van der Waals surface area contributed by atoms with E-state index in [0.717, 1.165) is 22.7 Å². The van der Waals surface area contributed by atoms with Gasteiger partial charge in [0.15, 0.2) is 6.17 Å². The number of hydrogen-bond acceptors (Lipinski definition) is 6. The Bertz CT molecular complexity index is 936. The van der Waals surface area contributed by atoms with Gasteiger partial charge in [0, 0.05) is 25.1 Å². The van der Waals surface area contributed by atoms with Gasteiger partial charge < -0.3 is 20.6 Å². The molecule has 6 heteroatoms. The summed E-state index contributed by atoms with van der Waals surface area (Å²) in [5.74, 6) is 1.07. The van der Waals surface area contributed by atoms with Crippen LogP contribution in [0.1, 0.15) is 16.7 Å². The van der Waals surface area contributed by atoms with Gasteiger partial charge in [-0.05, 0) is 47.5 Å². The Balaban J connectivity index is 1.45. The number of benzene rings is 2. The van der Waals surface area contributed by atoms with Crippen LogP contribution >= 0.6 is 0 Å². The summed E-state index contributed by atoms with van der Waals surface area (Å²) in [6.45, 7) is 0.624. The van der Waals surface area contributed by atoms with Crippen LogP contribution in [-0.2, 0) is 6.54 Å². The standard InChI is InChI=1S/C20H17N5O/c21-11-14-1-3-15(4-2-14)12-23-19-20-24-13-18(25(20)10-9-22-19)16-5-7-17(26)8-6-16/h1-10,13,20,24,26H,12H2,(H,22,23). The second kappa shape index (κ2) is 6.65. The van der Waals surface area contributed by atoms with Gasteiger partial charge in [-0.25, -0.2) is 4.99 Å². The highest BCUT2D eigenvalue weighted by Crippen LogP contribution is 2.28. The zero-order valence-corrected chi connectivity index (χ0v) is 13.9. The Morgan fingerprint density at radius 3 is 2.65 bits per heavy atom. The number of nitrogens with zero attached hydrogens (tertiary/aromatic N) is 3. The summed E-state index contributed by atoms with van der Waals surface area (Å²) in [6, 6.07) is 16.7. The first-order chi connectivity index (χ1) is 12.7. The van der Waals surface area contributed by atoms with Crippen LogP contribution in [0.2, 0.25) is 0 Å². The molecule has 0 saturated carbocycles. The van der Waals surface area contributed by atoms with Crippen molar-refractivity contribution >= 4 is 11.5 Å². The molecule has 0 aliphatic carbocycles. The van der Waals surface area contributed by atoms with Crippen LogP contribution in [0.4, 0.5) is 0 Å². The number of fused-ring (bicyclic) bond motifs is 1.